The second-order valence-electron chi connectivity index (χ2n) is 8.64. The fourth-order valence-corrected chi connectivity index (χ4v) is 4.58. The van der Waals surface area contributed by atoms with Crippen LogP contribution in [-0.2, 0) is 26.2 Å². The van der Waals surface area contributed by atoms with Gasteiger partial charge in [-0.25, -0.2) is 0 Å². The van der Waals surface area contributed by atoms with Crippen molar-refractivity contribution in [2.75, 3.05) is 0 Å². The summed E-state index contributed by atoms with van der Waals surface area (Å²) < 4.78 is 1.20. The van der Waals surface area contributed by atoms with Gasteiger partial charge < -0.3 is 9.80 Å². The molecule has 0 unspecified atom stereocenters. The van der Waals surface area contributed by atoms with Gasteiger partial charge in [-0.2, -0.15) is 0 Å². The van der Waals surface area contributed by atoms with Gasteiger partial charge in [0.25, 0.3) is 0 Å². The molecule has 182 valence electrons. The van der Waals surface area contributed by atoms with E-state index in [1.807, 2.05) is 36.4 Å². The highest BCUT2D eigenvalue weighted by atomic mass is 32.1. The van der Waals surface area contributed by atoms with Gasteiger partial charge in [0, 0.05) is 26.2 Å². The zero-order valence-corrected chi connectivity index (χ0v) is 23.2. The first-order chi connectivity index (χ1) is 17.5. The van der Waals surface area contributed by atoms with E-state index in [1.165, 1.54) is 33.4 Å². The molecule has 0 bridgehead atoms. The average Bonchev–Trinajstić information content (AvgIpc) is 2.90. The van der Waals surface area contributed by atoms with E-state index in [4.69, 9.17) is 24.4 Å². The largest absolute Gasteiger partial charge is 0.349 e. The summed E-state index contributed by atoms with van der Waals surface area (Å²) in [4.78, 5) is 4.20. The predicted octanol–water partition coefficient (Wildman–Crippen LogP) is 7.79. The van der Waals surface area contributed by atoms with E-state index in [1.54, 1.807) is 0 Å². The quantitative estimate of drug-likeness (QED) is 0.164. The molecular formula is C30H28N2S4. The highest BCUT2D eigenvalue weighted by Gasteiger charge is 2.10. The Balaban J connectivity index is 1.39. The van der Waals surface area contributed by atoms with Gasteiger partial charge in [0.2, 0.25) is 0 Å². The smallest absolute Gasteiger partial charge is 0.133 e. The molecule has 0 aliphatic rings. The number of hydrogen-bond acceptors (Lipinski definition) is 2. The van der Waals surface area contributed by atoms with Crippen LogP contribution in [0, 0.1) is 0 Å². The maximum Gasteiger partial charge on any atom is 0.133 e. The van der Waals surface area contributed by atoms with Gasteiger partial charge in [0.05, 0.1) is 0 Å². The summed E-state index contributed by atoms with van der Waals surface area (Å²) in [6.45, 7) is 2.92. The molecule has 6 heteroatoms. The standard InChI is InChI=1S/C30H28N2S4/c33-29(34)31(19-23-7-3-1-4-8-23)21-25-11-15-27(16-12-25)28-17-13-26(14-18-28)22-32(30(35)36)20-24-9-5-2-6-10-24/h1-18H,19-22H2,(H,33,34)(H,35,36). The molecule has 36 heavy (non-hydrogen) atoms. The van der Waals surface area contributed by atoms with Crippen molar-refractivity contribution >= 4 is 58.3 Å². The van der Waals surface area contributed by atoms with Crippen LogP contribution in [0.5, 0.6) is 0 Å². The first kappa shape index (κ1) is 26.4. The topological polar surface area (TPSA) is 6.48 Å². The zero-order chi connectivity index (χ0) is 25.3. The van der Waals surface area contributed by atoms with Crippen molar-refractivity contribution < 1.29 is 0 Å². The molecule has 4 aromatic rings. The molecule has 0 aliphatic heterocycles. The van der Waals surface area contributed by atoms with E-state index < -0.39 is 0 Å². The van der Waals surface area contributed by atoms with Gasteiger partial charge in [-0.3, -0.25) is 0 Å². The number of thiocarbonyl (C=S) groups is 2. The Kier molecular flexibility index (Phi) is 9.59. The van der Waals surface area contributed by atoms with Gasteiger partial charge >= 0.3 is 0 Å². The van der Waals surface area contributed by atoms with Crippen molar-refractivity contribution in [3.05, 3.63) is 131 Å². The van der Waals surface area contributed by atoms with Crippen molar-refractivity contribution in [2.45, 2.75) is 26.2 Å². The molecule has 4 rings (SSSR count). The van der Waals surface area contributed by atoms with Gasteiger partial charge in [-0.15, -0.1) is 25.3 Å². The summed E-state index contributed by atoms with van der Waals surface area (Å²) in [5.74, 6) is 0. The van der Waals surface area contributed by atoms with E-state index in [0.29, 0.717) is 8.64 Å². The molecule has 0 fully saturated rings. The Morgan fingerprint density at radius 2 is 0.722 bits per heavy atom. The van der Waals surface area contributed by atoms with Crippen molar-refractivity contribution in [1.82, 2.24) is 9.80 Å². The van der Waals surface area contributed by atoms with Crippen LogP contribution in [0.2, 0.25) is 0 Å². The van der Waals surface area contributed by atoms with Crippen LogP contribution in [0.3, 0.4) is 0 Å². The number of nitrogens with zero attached hydrogens (tertiary/aromatic N) is 2. The summed E-state index contributed by atoms with van der Waals surface area (Å²) in [5.41, 5.74) is 7.18. The summed E-state index contributed by atoms with van der Waals surface area (Å²) in [7, 11) is 0. The molecule has 0 atom stereocenters. The fourth-order valence-electron chi connectivity index (χ4n) is 4.04. The molecule has 4 aromatic carbocycles. The fraction of sp³-hybridized carbons (Fsp3) is 0.133. The highest BCUT2D eigenvalue weighted by Crippen LogP contribution is 2.23. The second-order valence-corrected chi connectivity index (χ2v) is 10.9. The number of benzene rings is 4. The summed E-state index contributed by atoms with van der Waals surface area (Å²) in [6.07, 6.45) is 0. The third kappa shape index (κ3) is 7.68. The van der Waals surface area contributed by atoms with Crippen LogP contribution in [-0.4, -0.2) is 18.4 Å². The third-order valence-electron chi connectivity index (χ3n) is 5.96. The van der Waals surface area contributed by atoms with Gasteiger partial charge in [-0.05, 0) is 33.4 Å². The van der Waals surface area contributed by atoms with Crippen LogP contribution in [0.15, 0.2) is 109 Å². The minimum absolute atomic E-state index is 0.598. The molecular weight excluding hydrogens is 517 g/mol. The molecule has 2 nitrogen and oxygen atoms in total. The van der Waals surface area contributed by atoms with E-state index in [2.05, 4.69) is 108 Å². The lowest BCUT2D eigenvalue weighted by molar-refractivity contribution is 0.421. The second kappa shape index (κ2) is 13.1. The highest BCUT2D eigenvalue weighted by molar-refractivity contribution is 8.11. The monoisotopic (exact) mass is 544 g/mol. The number of rotatable bonds is 9. The van der Waals surface area contributed by atoms with Gasteiger partial charge in [-0.1, -0.05) is 134 Å². The van der Waals surface area contributed by atoms with Crippen LogP contribution in [0.1, 0.15) is 22.3 Å². The Hall–Kier alpha value is -2.64. The van der Waals surface area contributed by atoms with E-state index in [9.17, 15) is 0 Å². The van der Waals surface area contributed by atoms with Crippen molar-refractivity contribution in [1.29, 1.82) is 0 Å². The van der Waals surface area contributed by atoms with Crippen LogP contribution in [0.25, 0.3) is 11.1 Å². The minimum Gasteiger partial charge on any atom is -0.349 e. The Bertz CT molecular complexity index is 1170. The minimum atomic E-state index is 0.598. The molecule has 0 aliphatic carbocycles. The average molecular weight is 545 g/mol. The zero-order valence-electron chi connectivity index (χ0n) is 19.8. The normalized spacial score (nSPS) is 10.6. The van der Waals surface area contributed by atoms with Crippen molar-refractivity contribution in [3.63, 3.8) is 0 Å². The van der Waals surface area contributed by atoms with Crippen LogP contribution >= 0.6 is 49.7 Å². The molecule has 0 N–H and O–H groups in total. The Labute approximate surface area is 235 Å². The lowest BCUT2D eigenvalue weighted by Crippen LogP contribution is -2.25. The summed E-state index contributed by atoms with van der Waals surface area (Å²) in [6, 6.07) is 38.0. The lowest BCUT2D eigenvalue weighted by Gasteiger charge is -2.23. The van der Waals surface area contributed by atoms with Gasteiger partial charge in [0.15, 0.2) is 0 Å². The molecule has 0 saturated carbocycles. The van der Waals surface area contributed by atoms with E-state index in [0.717, 1.165) is 26.2 Å². The van der Waals surface area contributed by atoms with Gasteiger partial charge in [0.1, 0.15) is 8.64 Å². The Morgan fingerprint density at radius 1 is 0.444 bits per heavy atom. The first-order valence-corrected chi connectivity index (χ1v) is 13.4. The van der Waals surface area contributed by atoms with Crippen molar-refractivity contribution in [2.24, 2.45) is 0 Å². The number of hydrogen-bond donors (Lipinski definition) is 2. The molecule has 0 radical (unpaired) electrons. The lowest BCUT2D eigenvalue weighted by atomic mass is 10.0. The molecule has 0 aromatic heterocycles. The molecule has 0 heterocycles. The third-order valence-corrected chi connectivity index (χ3v) is 7.04. The molecule has 0 amide bonds. The maximum atomic E-state index is 5.39. The van der Waals surface area contributed by atoms with Crippen molar-refractivity contribution in [3.8, 4) is 11.1 Å². The molecule has 0 saturated heterocycles. The predicted molar refractivity (Wildman–Crippen MR) is 166 cm³/mol. The van der Waals surface area contributed by atoms with E-state index >= 15 is 0 Å². The van der Waals surface area contributed by atoms with E-state index in [-0.39, 0.29) is 0 Å². The summed E-state index contributed by atoms with van der Waals surface area (Å²) >= 11 is 19.7. The van der Waals surface area contributed by atoms with Crippen LogP contribution in [0.4, 0.5) is 0 Å². The SMILES string of the molecule is S=C(S)N(Cc1ccccc1)Cc1ccc(-c2ccc(CN(Cc3ccccc3)C(=S)S)cc2)cc1. The Morgan fingerprint density at radius 3 is 1.00 bits per heavy atom. The maximum absolute atomic E-state index is 5.39. The van der Waals surface area contributed by atoms with Crippen LogP contribution < -0.4 is 0 Å². The summed E-state index contributed by atoms with van der Waals surface area (Å²) in [5, 5.41) is 0. The molecule has 0 spiro atoms. The number of thiol groups is 2. The first-order valence-electron chi connectivity index (χ1n) is 11.7.